The summed E-state index contributed by atoms with van der Waals surface area (Å²) in [6.45, 7) is 13.0. The van der Waals surface area contributed by atoms with Gasteiger partial charge >= 0.3 is 0 Å². The lowest BCUT2D eigenvalue weighted by Crippen LogP contribution is -2.30. The Hall–Kier alpha value is -0.0800. The zero-order valence-electron chi connectivity index (χ0n) is 10.4. The molecular formula is C12H27NO. The van der Waals surface area contributed by atoms with E-state index in [4.69, 9.17) is 4.74 Å². The molecule has 0 unspecified atom stereocenters. The third kappa shape index (κ3) is 8.52. The molecule has 0 bridgehead atoms. The third-order valence-corrected chi connectivity index (χ3v) is 2.30. The van der Waals surface area contributed by atoms with Crippen molar-refractivity contribution in [1.29, 1.82) is 0 Å². The van der Waals surface area contributed by atoms with Crippen LogP contribution in [0.25, 0.3) is 0 Å². The van der Waals surface area contributed by atoms with Crippen molar-refractivity contribution in [2.24, 2.45) is 5.41 Å². The van der Waals surface area contributed by atoms with Gasteiger partial charge < -0.3 is 10.1 Å². The van der Waals surface area contributed by atoms with E-state index in [0.717, 1.165) is 39.1 Å². The van der Waals surface area contributed by atoms with Gasteiger partial charge in [-0.25, -0.2) is 0 Å². The minimum absolute atomic E-state index is 0.364. The highest BCUT2D eigenvalue weighted by Gasteiger charge is 2.16. The molecule has 14 heavy (non-hydrogen) atoms. The van der Waals surface area contributed by atoms with Crippen LogP contribution < -0.4 is 5.32 Å². The maximum absolute atomic E-state index is 5.50. The fourth-order valence-corrected chi connectivity index (χ4v) is 1.29. The smallest absolute Gasteiger partial charge is 0.0471 e. The summed E-state index contributed by atoms with van der Waals surface area (Å²) < 4.78 is 5.50. The van der Waals surface area contributed by atoms with Crippen LogP contribution in [0.1, 0.15) is 47.0 Å². The molecule has 0 aromatic heterocycles. The Morgan fingerprint density at radius 3 is 2.36 bits per heavy atom. The Balaban J connectivity index is 3.40. The molecule has 0 aromatic rings. The summed E-state index contributed by atoms with van der Waals surface area (Å²) in [5, 5.41) is 3.46. The second-order valence-electron chi connectivity index (χ2n) is 4.70. The third-order valence-electron chi connectivity index (χ3n) is 2.30. The second-order valence-corrected chi connectivity index (χ2v) is 4.70. The van der Waals surface area contributed by atoms with Crippen molar-refractivity contribution in [2.75, 3.05) is 26.3 Å². The maximum Gasteiger partial charge on any atom is 0.0471 e. The first-order valence-electron chi connectivity index (χ1n) is 5.91. The fourth-order valence-electron chi connectivity index (χ4n) is 1.29. The highest BCUT2D eigenvalue weighted by atomic mass is 16.5. The van der Waals surface area contributed by atoms with Gasteiger partial charge in [0.2, 0.25) is 0 Å². The number of hydrogen-bond donors (Lipinski definition) is 1. The quantitative estimate of drug-likeness (QED) is 0.579. The first kappa shape index (κ1) is 13.9. The van der Waals surface area contributed by atoms with Gasteiger partial charge in [-0.05, 0) is 31.2 Å². The zero-order valence-corrected chi connectivity index (χ0v) is 10.4. The van der Waals surface area contributed by atoms with Gasteiger partial charge in [-0.2, -0.15) is 0 Å². The zero-order chi connectivity index (χ0) is 10.9. The Morgan fingerprint density at radius 2 is 1.79 bits per heavy atom. The minimum Gasteiger partial charge on any atom is -0.381 e. The van der Waals surface area contributed by atoms with E-state index in [9.17, 15) is 0 Å². The van der Waals surface area contributed by atoms with Gasteiger partial charge in [0.15, 0.2) is 0 Å². The molecule has 1 N–H and O–H groups in total. The summed E-state index contributed by atoms with van der Waals surface area (Å²) in [4.78, 5) is 0. The average molecular weight is 201 g/mol. The predicted molar refractivity (Wildman–Crippen MR) is 62.7 cm³/mol. The fraction of sp³-hybridized carbons (Fsp3) is 1.00. The van der Waals surface area contributed by atoms with Crippen LogP contribution in [0.2, 0.25) is 0 Å². The average Bonchev–Trinajstić information content (AvgIpc) is 2.13. The van der Waals surface area contributed by atoms with Crippen LogP contribution in [-0.2, 0) is 4.74 Å². The molecule has 0 atom stereocenters. The monoisotopic (exact) mass is 201 g/mol. The summed E-state index contributed by atoms with van der Waals surface area (Å²) in [6.07, 6.45) is 3.47. The molecule has 0 radical (unpaired) electrons. The van der Waals surface area contributed by atoms with Gasteiger partial charge in [-0.3, -0.25) is 0 Å². The summed E-state index contributed by atoms with van der Waals surface area (Å²) in [5.74, 6) is 0. The first-order chi connectivity index (χ1) is 6.62. The van der Waals surface area contributed by atoms with Crippen LogP contribution >= 0.6 is 0 Å². The summed E-state index contributed by atoms with van der Waals surface area (Å²) in [6, 6.07) is 0. The topological polar surface area (TPSA) is 21.3 Å². The molecule has 0 saturated heterocycles. The lowest BCUT2D eigenvalue weighted by atomic mass is 9.90. The lowest BCUT2D eigenvalue weighted by molar-refractivity contribution is 0.104. The molecular weight excluding hydrogens is 174 g/mol. The van der Waals surface area contributed by atoms with Crippen LogP contribution in [0.3, 0.4) is 0 Å². The van der Waals surface area contributed by atoms with Crippen molar-refractivity contribution in [2.45, 2.75) is 47.0 Å². The van der Waals surface area contributed by atoms with E-state index in [-0.39, 0.29) is 0 Å². The number of nitrogens with one attached hydrogen (secondary N) is 1. The first-order valence-corrected chi connectivity index (χ1v) is 5.91. The highest BCUT2D eigenvalue weighted by molar-refractivity contribution is 4.70. The van der Waals surface area contributed by atoms with Crippen LogP contribution in [-0.4, -0.2) is 26.3 Å². The van der Waals surface area contributed by atoms with Crippen molar-refractivity contribution in [3.05, 3.63) is 0 Å². The Labute approximate surface area is 89.4 Å². The predicted octanol–water partition coefficient (Wildman–Crippen LogP) is 2.83. The van der Waals surface area contributed by atoms with Crippen LogP contribution in [0.15, 0.2) is 0 Å². The molecule has 0 rings (SSSR count). The summed E-state index contributed by atoms with van der Waals surface area (Å²) in [7, 11) is 0. The van der Waals surface area contributed by atoms with Crippen LogP contribution in [0.5, 0.6) is 0 Å². The van der Waals surface area contributed by atoms with Crippen molar-refractivity contribution in [3.8, 4) is 0 Å². The molecule has 86 valence electrons. The molecule has 2 nitrogen and oxygen atoms in total. The molecule has 0 heterocycles. The summed E-state index contributed by atoms with van der Waals surface area (Å²) in [5.41, 5.74) is 0.364. The standard InChI is InChI=1S/C12H27NO/c1-5-8-13-11-12(3,4)7-10-14-9-6-2/h13H,5-11H2,1-4H3. The van der Waals surface area contributed by atoms with Gasteiger partial charge in [0.25, 0.3) is 0 Å². The van der Waals surface area contributed by atoms with Crippen LogP contribution in [0.4, 0.5) is 0 Å². The molecule has 0 aliphatic carbocycles. The van der Waals surface area contributed by atoms with E-state index in [1.165, 1.54) is 6.42 Å². The van der Waals surface area contributed by atoms with E-state index in [1.807, 2.05) is 0 Å². The van der Waals surface area contributed by atoms with E-state index in [1.54, 1.807) is 0 Å². The van der Waals surface area contributed by atoms with Crippen molar-refractivity contribution < 1.29 is 4.74 Å². The van der Waals surface area contributed by atoms with E-state index in [2.05, 4.69) is 33.0 Å². The molecule has 0 spiro atoms. The number of ether oxygens (including phenoxy) is 1. The minimum atomic E-state index is 0.364. The number of hydrogen-bond acceptors (Lipinski definition) is 2. The Kier molecular flexibility index (Phi) is 8.20. The van der Waals surface area contributed by atoms with E-state index < -0.39 is 0 Å². The SMILES string of the molecule is CCCNCC(C)(C)CCOCCC. The second kappa shape index (κ2) is 8.25. The van der Waals surface area contributed by atoms with Crippen molar-refractivity contribution >= 4 is 0 Å². The summed E-state index contributed by atoms with van der Waals surface area (Å²) >= 11 is 0. The number of rotatable bonds is 9. The lowest BCUT2D eigenvalue weighted by Gasteiger charge is -2.24. The molecule has 0 amide bonds. The normalized spacial score (nSPS) is 12.0. The van der Waals surface area contributed by atoms with E-state index >= 15 is 0 Å². The molecule has 2 heteroatoms. The van der Waals surface area contributed by atoms with E-state index in [0.29, 0.717) is 5.41 Å². The molecule has 0 saturated carbocycles. The van der Waals surface area contributed by atoms with Crippen LogP contribution in [0, 0.1) is 5.41 Å². The highest BCUT2D eigenvalue weighted by Crippen LogP contribution is 2.18. The molecule has 0 fully saturated rings. The molecule has 0 aliphatic heterocycles. The Bertz CT molecular complexity index is 123. The van der Waals surface area contributed by atoms with Gasteiger partial charge in [0.1, 0.15) is 0 Å². The maximum atomic E-state index is 5.50. The van der Waals surface area contributed by atoms with Gasteiger partial charge in [0, 0.05) is 19.8 Å². The van der Waals surface area contributed by atoms with Gasteiger partial charge in [0.05, 0.1) is 0 Å². The van der Waals surface area contributed by atoms with Crippen molar-refractivity contribution in [1.82, 2.24) is 5.32 Å². The molecule has 0 aromatic carbocycles. The molecule has 0 aliphatic rings. The largest absolute Gasteiger partial charge is 0.381 e. The van der Waals surface area contributed by atoms with Gasteiger partial charge in [-0.1, -0.05) is 27.7 Å². The van der Waals surface area contributed by atoms with Crippen molar-refractivity contribution in [3.63, 3.8) is 0 Å². The van der Waals surface area contributed by atoms with Gasteiger partial charge in [-0.15, -0.1) is 0 Å². The Morgan fingerprint density at radius 1 is 1.07 bits per heavy atom.